The monoisotopic (exact) mass is 156 g/mol. The van der Waals surface area contributed by atoms with E-state index in [2.05, 4.69) is 20.8 Å². The zero-order chi connectivity index (χ0) is 8.65. The Bertz CT molecular complexity index is 175. The van der Waals surface area contributed by atoms with E-state index in [0.717, 1.165) is 6.42 Å². The van der Waals surface area contributed by atoms with Gasteiger partial charge in [0.05, 0.1) is 0 Å². The van der Waals surface area contributed by atoms with Crippen LogP contribution in [0.25, 0.3) is 0 Å². The Hall–Kier alpha value is -0.330. The van der Waals surface area contributed by atoms with E-state index in [1.807, 2.05) is 0 Å². The van der Waals surface area contributed by atoms with Gasteiger partial charge in [-0.05, 0) is 31.1 Å². The van der Waals surface area contributed by atoms with E-state index in [1.165, 1.54) is 6.42 Å². The van der Waals surface area contributed by atoms with Crippen LogP contribution in [0.3, 0.4) is 0 Å². The molecule has 0 heterocycles. The van der Waals surface area contributed by atoms with E-state index in [4.69, 9.17) is 0 Å². The Kier molecular flexibility index (Phi) is 2.08. The summed E-state index contributed by atoms with van der Waals surface area (Å²) in [7, 11) is 0. The van der Waals surface area contributed by atoms with Crippen LogP contribution in [0.2, 0.25) is 0 Å². The van der Waals surface area contributed by atoms with Crippen molar-refractivity contribution >= 4 is 5.78 Å². The quantitative estimate of drug-likeness (QED) is 0.570. The molecule has 0 aromatic rings. The summed E-state index contributed by atoms with van der Waals surface area (Å²) in [4.78, 5) is 11.1. The van der Waals surface area contributed by atoms with Crippen molar-refractivity contribution in [3.63, 3.8) is 0 Å². The molecule has 0 aromatic heterocycles. The minimum atomic E-state index is 0. The lowest BCUT2D eigenvalue weighted by Crippen LogP contribution is -2.13. The highest BCUT2D eigenvalue weighted by atomic mass is 16.1. The van der Waals surface area contributed by atoms with E-state index in [1.54, 1.807) is 6.92 Å². The Morgan fingerprint density at radius 2 is 2.00 bits per heavy atom. The summed E-state index contributed by atoms with van der Waals surface area (Å²) < 4.78 is 0. The average Bonchev–Trinajstić information content (AvgIpc) is 2.05. The number of ketones is 1. The maximum Gasteiger partial charge on any atom is 0.133 e. The maximum atomic E-state index is 11.1. The van der Waals surface area contributed by atoms with Crippen LogP contribution in [0.1, 0.15) is 42.0 Å². The molecule has 1 fully saturated rings. The molecule has 0 N–H and O–H groups in total. The fraction of sp³-hybridized carbons (Fsp3) is 0.900. The third kappa shape index (κ3) is 1.82. The first-order valence-corrected chi connectivity index (χ1v) is 4.43. The number of rotatable bonds is 1. The summed E-state index contributed by atoms with van der Waals surface area (Å²) in [6, 6.07) is 0. The van der Waals surface area contributed by atoms with Crippen molar-refractivity contribution in [1.82, 2.24) is 0 Å². The first-order valence-electron chi connectivity index (χ1n) is 4.43. The summed E-state index contributed by atoms with van der Waals surface area (Å²) in [5.41, 5.74) is 0.399. The Balaban J connectivity index is 0.00000121. The fourth-order valence-electron chi connectivity index (χ4n) is 2.44. The van der Waals surface area contributed by atoms with E-state index >= 15 is 0 Å². The van der Waals surface area contributed by atoms with E-state index in [-0.39, 0.29) is 1.43 Å². The zero-order valence-electron chi connectivity index (χ0n) is 7.98. The van der Waals surface area contributed by atoms with Gasteiger partial charge < -0.3 is 0 Å². The molecule has 0 saturated heterocycles. The Morgan fingerprint density at radius 3 is 2.18 bits per heavy atom. The number of hydrogen-bond donors (Lipinski definition) is 0. The van der Waals surface area contributed by atoms with E-state index in [9.17, 15) is 4.79 Å². The second-order valence-corrected chi connectivity index (χ2v) is 4.77. The fourth-order valence-corrected chi connectivity index (χ4v) is 2.44. The smallest absolute Gasteiger partial charge is 0.133 e. The molecule has 66 valence electrons. The van der Waals surface area contributed by atoms with Gasteiger partial charge in [-0.3, -0.25) is 4.79 Å². The molecule has 1 unspecified atom stereocenters. The molecule has 0 aliphatic heterocycles. The second kappa shape index (κ2) is 2.62. The third-order valence-electron chi connectivity index (χ3n) is 2.86. The molecule has 2 atom stereocenters. The molecule has 1 aliphatic rings. The van der Waals surface area contributed by atoms with Crippen molar-refractivity contribution in [2.45, 2.75) is 40.5 Å². The normalized spacial score (nSPS) is 35.6. The van der Waals surface area contributed by atoms with Gasteiger partial charge >= 0.3 is 0 Å². The highest BCUT2D eigenvalue weighted by Gasteiger charge is 2.38. The van der Waals surface area contributed by atoms with E-state index in [0.29, 0.717) is 23.0 Å². The van der Waals surface area contributed by atoms with Crippen molar-refractivity contribution in [1.29, 1.82) is 0 Å². The van der Waals surface area contributed by atoms with Crippen LogP contribution < -0.4 is 0 Å². The topological polar surface area (TPSA) is 17.1 Å². The number of Topliss-reactive ketones (excluding diaryl/α,β-unsaturated/α-hetero) is 1. The molecular weight excluding hydrogens is 136 g/mol. The lowest BCUT2D eigenvalue weighted by Gasteiger charge is -2.15. The van der Waals surface area contributed by atoms with Crippen molar-refractivity contribution in [2.24, 2.45) is 17.3 Å². The van der Waals surface area contributed by atoms with Gasteiger partial charge in [0, 0.05) is 7.34 Å². The van der Waals surface area contributed by atoms with Gasteiger partial charge in [0.15, 0.2) is 0 Å². The predicted octanol–water partition coefficient (Wildman–Crippen LogP) is 2.89. The standard InChI is InChI=1S/C10H18O.H2/c1-7-5-10(3,4)6-9(7)8(2)11;/h7,9H,5-6H2,1-4H3;1H/t7?,9-;/m1./s1. The molecule has 0 aromatic carbocycles. The van der Waals surface area contributed by atoms with Crippen LogP contribution in [0.4, 0.5) is 0 Å². The predicted molar refractivity (Wildman–Crippen MR) is 48.5 cm³/mol. The van der Waals surface area contributed by atoms with Gasteiger partial charge in [-0.25, -0.2) is 0 Å². The highest BCUT2D eigenvalue weighted by molar-refractivity contribution is 5.78. The Labute approximate surface area is 70.7 Å². The van der Waals surface area contributed by atoms with Crippen molar-refractivity contribution in [3.05, 3.63) is 0 Å². The van der Waals surface area contributed by atoms with Crippen molar-refractivity contribution < 1.29 is 6.22 Å². The SMILES string of the molecule is CC(=O)[C@@H]1CC(C)(C)CC1C.[HH]. The lowest BCUT2D eigenvalue weighted by molar-refractivity contribution is -0.121. The number of hydrogen-bond acceptors (Lipinski definition) is 1. The third-order valence-corrected chi connectivity index (χ3v) is 2.86. The maximum absolute atomic E-state index is 11.1. The average molecular weight is 156 g/mol. The molecule has 0 spiro atoms. The molecule has 1 heteroatoms. The number of carbonyl (C=O) groups excluding carboxylic acids is 1. The summed E-state index contributed by atoms with van der Waals surface area (Å²) >= 11 is 0. The van der Waals surface area contributed by atoms with Gasteiger partial charge in [0.25, 0.3) is 0 Å². The Morgan fingerprint density at radius 1 is 1.45 bits per heavy atom. The minimum Gasteiger partial charge on any atom is -0.300 e. The molecule has 11 heavy (non-hydrogen) atoms. The molecule has 0 radical (unpaired) electrons. The molecule has 1 nitrogen and oxygen atoms in total. The van der Waals surface area contributed by atoms with Gasteiger partial charge in [0.1, 0.15) is 5.78 Å². The van der Waals surface area contributed by atoms with Gasteiger partial charge in [-0.15, -0.1) is 0 Å². The van der Waals surface area contributed by atoms with Crippen LogP contribution in [-0.4, -0.2) is 5.78 Å². The summed E-state index contributed by atoms with van der Waals surface area (Å²) in [6.07, 6.45) is 2.29. The second-order valence-electron chi connectivity index (χ2n) is 4.77. The highest BCUT2D eigenvalue weighted by Crippen LogP contribution is 2.44. The van der Waals surface area contributed by atoms with Crippen LogP contribution in [-0.2, 0) is 4.79 Å². The van der Waals surface area contributed by atoms with Crippen LogP contribution in [0.5, 0.6) is 0 Å². The number of carbonyl (C=O) groups is 1. The molecule has 0 bridgehead atoms. The van der Waals surface area contributed by atoms with Crippen LogP contribution in [0, 0.1) is 17.3 Å². The minimum absolute atomic E-state index is 0. The van der Waals surface area contributed by atoms with Gasteiger partial charge in [-0.2, -0.15) is 0 Å². The molecule has 1 saturated carbocycles. The molecule has 0 amide bonds. The zero-order valence-corrected chi connectivity index (χ0v) is 7.98. The van der Waals surface area contributed by atoms with Crippen molar-refractivity contribution in [3.8, 4) is 0 Å². The summed E-state index contributed by atoms with van der Waals surface area (Å²) in [5.74, 6) is 1.32. The molecule has 1 aliphatic carbocycles. The summed E-state index contributed by atoms with van der Waals surface area (Å²) in [5, 5.41) is 0. The summed E-state index contributed by atoms with van der Waals surface area (Å²) in [6.45, 7) is 8.43. The molecule has 1 rings (SSSR count). The van der Waals surface area contributed by atoms with Gasteiger partial charge in [0.2, 0.25) is 0 Å². The van der Waals surface area contributed by atoms with Crippen molar-refractivity contribution in [2.75, 3.05) is 0 Å². The molecular formula is C10H20O. The first kappa shape index (κ1) is 8.76. The van der Waals surface area contributed by atoms with Crippen LogP contribution in [0.15, 0.2) is 0 Å². The first-order chi connectivity index (χ1) is 4.92. The largest absolute Gasteiger partial charge is 0.300 e. The van der Waals surface area contributed by atoms with Crippen LogP contribution >= 0.6 is 0 Å². The van der Waals surface area contributed by atoms with E-state index < -0.39 is 0 Å². The lowest BCUT2D eigenvalue weighted by atomic mass is 9.90. The van der Waals surface area contributed by atoms with Gasteiger partial charge in [-0.1, -0.05) is 20.8 Å².